The van der Waals surface area contributed by atoms with Gasteiger partial charge in [0.2, 0.25) is 5.30 Å². The summed E-state index contributed by atoms with van der Waals surface area (Å²) in [5, 5.41) is 0.978. The standard InChI is InChI=1S/C26H18O3P/c27-25(19-11-4-1-5-12-19)22-17-10-18-23(30(29)21-15-8-3-9-16-21)24(22)26(28)20-13-6-2-7-14-20/h1-18H/q+1. The van der Waals surface area contributed by atoms with Gasteiger partial charge in [0.05, 0.1) is 5.56 Å². The van der Waals surface area contributed by atoms with Gasteiger partial charge in [0.15, 0.2) is 16.9 Å². The molecule has 0 fully saturated rings. The smallest absolute Gasteiger partial charge is 0.289 e. The lowest BCUT2D eigenvalue weighted by atomic mass is 9.93. The highest BCUT2D eigenvalue weighted by atomic mass is 31.1. The van der Waals surface area contributed by atoms with E-state index >= 15 is 0 Å². The second-order valence-corrected chi connectivity index (χ2v) is 8.31. The van der Waals surface area contributed by atoms with E-state index in [2.05, 4.69) is 0 Å². The van der Waals surface area contributed by atoms with Crippen molar-refractivity contribution in [2.45, 2.75) is 0 Å². The highest BCUT2D eigenvalue weighted by Gasteiger charge is 2.33. The van der Waals surface area contributed by atoms with Gasteiger partial charge in [-0.2, -0.15) is 0 Å². The van der Waals surface area contributed by atoms with Crippen molar-refractivity contribution in [1.29, 1.82) is 0 Å². The number of carbonyl (C=O) groups is 2. The molecule has 0 saturated heterocycles. The molecule has 0 bridgehead atoms. The molecular formula is C26H18O3P+. The second kappa shape index (κ2) is 8.77. The fourth-order valence-electron chi connectivity index (χ4n) is 3.32. The molecule has 0 saturated carbocycles. The Bertz CT molecular complexity index is 1150. The minimum absolute atomic E-state index is 0.197. The van der Waals surface area contributed by atoms with Crippen LogP contribution in [-0.4, -0.2) is 11.6 Å². The highest BCUT2D eigenvalue weighted by molar-refractivity contribution is 7.61. The van der Waals surface area contributed by atoms with E-state index in [0.29, 0.717) is 21.7 Å². The molecule has 0 heterocycles. The van der Waals surface area contributed by atoms with Crippen molar-refractivity contribution in [2.75, 3.05) is 0 Å². The van der Waals surface area contributed by atoms with Crippen LogP contribution in [0.5, 0.6) is 0 Å². The van der Waals surface area contributed by atoms with Gasteiger partial charge in [-0.3, -0.25) is 9.59 Å². The van der Waals surface area contributed by atoms with Gasteiger partial charge in [0.1, 0.15) is 0 Å². The van der Waals surface area contributed by atoms with Crippen LogP contribution < -0.4 is 10.6 Å². The molecule has 144 valence electrons. The molecule has 3 nitrogen and oxygen atoms in total. The molecule has 0 radical (unpaired) electrons. The lowest BCUT2D eigenvalue weighted by molar-refractivity contribution is 0.100. The third kappa shape index (κ3) is 3.89. The van der Waals surface area contributed by atoms with Crippen LogP contribution in [0.25, 0.3) is 0 Å². The Morgan fingerprint density at radius 2 is 1.03 bits per heavy atom. The molecule has 0 aromatic heterocycles. The Morgan fingerprint density at radius 1 is 0.533 bits per heavy atom. The first kappa shape index (κ1) is 19.6. The van der Waals surface area contributed by atoms with Gasteiger partial charge in [-0.05, 0) is 24.3 Å². The van der Waals surface area contributed by atoms with Gasteiger partial charge in [-0.1, -0.05) is 89.5 Å². The summed E-state index contributed by atoms with van der Waals surface area (Å²) in [5.74, 6) is -0.585. The molecule has 0 amide bonds. The summed E-state index contributed by atoms with van der Waals surface area (Å²) in [7, 11) is -2.05. The van der Waals surface area contributed by atoms with Crippen molar-refractivity contribution in [3.63, 3.8) is 0 Å². The van der Waals surface area contributed by atoms with E-state index < -0.39 is 7.80 Å². The fraction of sp³-hybridized carbons (Fsp3) is 0. The Labute approximate surface area is 175 Å². The molecule has 4 heteroatoms. The number of hydrogen-bond acceptors (Lipinski definition) is 3. The number of carbonyl (C=O) groups excluding carboxylic acids is 2. The van der Waals surface area contributed by atoms with E-state index in [-0.39, 0.29) is 22.7 Å². The fourth-order valence-corrected chi connectivity index (χ4v) is 4.69. The first-order chi connectivity index (χ1) is 14.7. The molecule has 0 spiro atoms. The highest BCUT2D eigenvalue weighted by Crippen LogP contribution is 2.27. The van der Waals surface area contributed by atoms with E-state index in [1.165, 1.54) is 0 Å². The Hall–Kier alpha value is -3.68. The predicted molar refractivity (Wildman–Crippen MR) is 120 cm³/mol. The quantitative estimate of drug-likeness (QED) is 0.335. The van der Waals surface area contributed by atoms with Crippen molar-refractivity contribution < 1.29 is 14.2 Å². The zero-order valence-electron chi connectivity index (χ0n) is 16.1. The van der Waals surface area contributed by atoms with E-state index in [9.17, 15) is 14.2 Å². The molecule has 0 aliphatic rings. The number of rotatable bonds is 6. The summed E-state index contributed by atoms with van der Waals surface area (Å²) in [5.41, 5.74) is 1.38. The monoisotopic (exact) mass is 409 g/mol. The third-order valence-corrected chi connectivity index (χ3v) is 6.37. The largest absolute Gasteiger partial charge is 0.416 e. The van der Waals surface area contributed by atoms with Crippen molar-refractivity contribution in [3.05, 3.63) is 131 Å². The zero-order valence-corrected chi connectivity index (χ0v) is 17.0. The van der Waals surface area contributed by atoms with Crippen LogP contribution in [0.2, 0.25) is 0 Å². The van der Waals surface area contributed by atoms with Crippen LogP contribution in [-0.2, 0) is 4.57 Å². The normalized spacial score (nSPS) is 11.0. The lowest BCUT2D eigenvalue weighted by Crippen LogP contribution is -2.22. The molecular weight excluding hydrogens is 391 g/mol. The number of ketones is 2. The van der Waals surface area contributed by atoms with Crippen LogP contribution in [0.15, 0.2) is 109 Å². The Morgan fingerprint density at radius 3 is 1.60 bits per heavy atom. The van der Waals surface area contributed by atoms with Gasteiger partial charge in [-0.25, -0.2) is 0 Å². The van der Waals surface area contributed by atoms with Gasteiger partial charge in [-0.15, -0.1) is 0 Å². The summed E-state index contributed by atoms with van der Waals surface area (Å²) in [4.78, 5) is 26.7. The number of hydrogen-bond donors (Lipinski definition) is 0. The van der Waals surface area contributed by atoms with Crippen molar-refractivity contribution in [2.24, 2.45) is 0 Å². The zero-order chi connectivity index (χ0) is 20.9. The SMILES string of the molecule is O=C(c1ccccc1)c1cccc([P+](=O)c2ccccc2)c1C(=O)c1ccccc1. The van der Waals surface area contributed by atoms with Crippen molar-refractivity contribution in [1.82, 2.24) is 0 Å². The van der Waals surface area contributed by atoms with E-state index in [1.807, 2.05) is 18.2 Å². The van der Waals surface area contributed by atoms with Crippen LogP contribution in [0.1, 0.15) is 31.8 Å². The Kier molecular flexibility index (Phi) is 5.74. The maximum Gasteiger partial charge on any atom is 0.416 e. The van der Waals surface area contributed by atoms with Crippen molar-refractivity contribution in [3.8, 4) is 0 Å². The summed E-state index contributed by atoms with van der Waals surface area (Å²) in [6.07, 6.45) is 0. The van der Waals surface area contributed by atoms with E-state index in [4.69, 9.17) is 0 Å². The van der Waals surface area contributed by atoms with Gasteiger partial charge in [0.25, 0.3) is 0 Å². The molecule has 30 heavy (non-hydrogen) atoms. The van der Waals surface area contributed by atoms with Crippen LogP contribution in [0.3, 0.4) is 0 Å². The minimum atomic E-state index is -2.05. The molecule has 1 atom stereocenters. The summed E-state index contributed by atoms with van der Waals surface area (Å²) in [6.45, 7) is 0. The molecule has 0 aliphatic heterocycles. The topological polar surface area (TPSA) is 51.2 Å². The average Bonchev–Trinajstić information content (AvgIpc) is 2.84. The van der Waals surface area contributed by atoms with Crippen LogP contribution in [0, 0.1) is 0 Å². The van der Waals surface area contributed by atoms with Gasteiger partial charge >= 0.3 is 7.80 Å². The molecule has 4 rings (SSSR count). The molecule has 4 aromatic rings. The van der Waals surface area contributed by atoms with Gasteiger partial charge in [0, 0.05) is 16.7 Å². The first-order valence-corrected chi connectivity index (χ1v) is 10.8. The third-order valence-electron chi connectivity index (χ3n) is 4.80. The van der Waals surface area contributed by atoms with Gasteiger partial charge < -0.3 is 0 Å². The number of benzene rings is 4. The maximum absolute atomic E-state index is 13.5. The van der Waals surface area contributed by atoms with Crippen LogP contribution >= 0.6 is 7.80 Å². The first-order valence-electron chi connectivity index (χ1n) is 9.51. The predicted octanol–water partition coefficient (Wildman–Crippen LogP) is 4.93. The van der Waals surface area contributed by atoms with E-state index in [1.54, 1.807) is 91.0 Å². The van der Waals surface area contributed by atoms with Crippen LogP contribution in [0.4, 0.5) is 0 Å². The molecule has 4 aromatic carbocycles. The average molecular weight is 409 g/mol. The molecule has 1 unspecified atom stereocenters. The minimum Gasteiger partial charge on any atom is -0.289 e. The Balaban J connectivity index is 1.92. The summed E-state index contributed by atoms with van der Waals surface area (Å²) in [6, 6.07) is 31.5. The second-order valence-electron chi connectivity index (χ2n) is 6.72. The van der Waals surface area contributed by atoms with Crippen molar-refractivity contribution >= 4 is 30.0 Å². The summed E-state index contributed by atoms with van der Waals surface area (Å²) < 4.78 is 13.4. The maximum atomic E-state index is 13.5. The molecule has 0 N–H and O–H groups in total. The summed E-state index contributed by atoms with van der Waals surface area (Å²) >= 11 is 0. The lowest BCUT2D eigenvalue weighted by Gasteiger charge is -2.09. The molecule has 0 aliphatic carbocycles. The van der Waals surface area contributed by atoms with E-state index in [0.717, 1.165) is 0 Å².